The summed E-state index contributed by atoms with van der Waals surface area (Å²) in [7, 11) is 0. The Bertz CT molecular complexity index is 868. The molecule has 0 atom stereocenters. The van der Waals surface area contributed by atoms with E-state index in [9.17, 15) is 4.79 Å². The molecule has 30 heavy (non-hydrogen) atoms. The van der Waals surface area contributed by atoms with Crippen LogP contribution in [0.2, 0.25) is 5.02 Å². The minimum absolute atomic E-state index is 0.162. The van der Waals surface area contributed by atoms with Crippen molar-refractivity contribution in [2.75, 3.05) is 44.2 Å². The molecule has 0 unspecified atom stereocenters. The fourth-order valence-corrected chi connectivity index (χ4v) is 3.42. The molecule has 0 bridgehead atoms. The van der Waals surface area contributed by atoms with Gasteiger partial charge in [0.25, 0.3) is 5.91 Å². The van der Waals surface area contributed by atoms with Gasteiger partial charge in [0.15, 0.2) is 11.5 Å². The molecule has 0 aromatic carbocycles. The third kappa shape index (κ3) is 5.07. The molecule has 3 rings (SSSR count). The zero-order chi connectivity index (χ0) is 21.9. The number of anilines is 1. The Balaban J connectivity index is 1.61. The summed E-state index contributed by atoms with van der Waals surface area (Å²) in [5.41, 5.74) is 0.0898. The highest BCUT2D eigenvalue weighted by Crippen LogP contribution is 2.21. The number of aromatic nitrogens is 4. The Labute approximate surface area is 182 Å². The summed E-state index contributed by atoms with van der Waals surface area (Å²) in [6.45, 7) is 14.9. The van der Waals surface area contributed by atoms with Gasteiger partial charge in [-0.3, -0.25) is 9.69 Å². The van der Waals surface area contributed by atoms with E-state index >= 15 is 0 Å². The molecule has 10 heteroatoms. The first kappa shape index (κ1) is 22.4. The molecule has 164 valence electrons. The van der Waals surface area contributed by atoms with E-state index in [0.717, 1.165) is 26.2 Å². The lowest BCUT2D eigenvalue weighted by atomic mass is 9.97. The molecule has 3 heterocycles. The average Bonchev–Trinajstić information content (AvgIpc) is 3.19. The van der Waals surface area contributed by atoms with Crippen LogP contribution in [0.1, 0.15) is 56.8 Å². The van der Waals surface area contributed by atoms with Crippen LogP contribution < -0.4 is 4.90 Å². The first-order valence-corrected chi connectivity index (χ1v) is 10.7. The van der Waals surface area contributed by atoms with Crippen LogP contribution in [-0.4, -0.2) is 75.1 Å². The van der Waals surface area contributed by atoms with Crippen molar-refractivity contribution in [1.29, 1.82) is 0 Å². The quantitative estimate of drug-likeness (QED) is 0.683. The van der Waals surface area contributed by atoms with Crippen LogP contribution in [0.4, 0.5) is 5.95 Å². The summed E-state index contributed by atoms with van der Waals surface area (Å²) in [6, 6.07) is 0. The summed E-state index contributed by atoms with van der Waals surface area (Å²) in [4.78, 5) is 32.2. The van der Waals surface area contributed by atoms with E-state index < -0.39 is 0 Å². The predicted octanol–water partition coefficient (Wildman–Crippen LogP) is 2.61. The highest BCUT2D eigenvalue weighted by molar-refractivity contribution is 6.33. The van der Waals surface area contributed by atoms with E-state index in [-0.39, 0.29) is 22.0 Å². The van der Waals surface area contributed by atoms with Crippen LogP contribution in [-0.2, 0) is 12.0 Å². The molecule has 0 N–H and O–H groups in total. The Morgan fingerprint density at radius 2 is 1.83 bits per heavy atom. The molecule has 1 amide bonds. The highest BCUT2D eigenvalue weighted by atomic mass is 35.5. The van der Waals surface area contributed by atoms with Crippen LogP contribution in [0.5, 0.6) is 0 Å². The van der Waals surface area contributed by atoms with Gasteiger partial charge in [0.2, 0.25) is 11.8 Å². The van der Waals surface area contributed by atoms with Gasteiger partial charge in [-0.2, -0.15) is 4.98 Å². The third-order valence-corrected chi connectivity index (χ3v) is 5.39. The maximum absolute atomic E-state index is 13.0. The van der Waals surface area contributed by atoms with E-state index in [2.05, 4.69) is 25.0 Å². The Kier molecular flexibility index (Phi) is 6.92. The zero-order valence-corrected chi connectivity index (χ0v) is 19.1. The lowest BCUT2D eigenvalue weighted by molar-refractivity contribution is 0.0618. The number of carbonyl (C=O) groups is 1. The van der Waals surface area contributed by atoms with Gasteiger partial charge in [-0.15, -0.1) is 0 Å². The lowest BCUT2D eigenvalue weighted by Crippen LogP contribution is -2.48. The summed E-state index contributed by atoms with van der Waals surface area (Å²) in [5.74, 6) is 1.67. The first-order valence-electron chi connectivity index (χ1n) is 10.3. The second-order valence-corrected chi connectivity index (χ2v) is 8.78. The maximum Gasteiger partial charge on any atom is 0.274 e. The molecule has 1 saturated heterocycles. The molecule has 1 fully saturated rings. The fraction of sp³-hybridized carbons (Fsp3) is 0.650. The van der Waals surface area contributed by atoms with Crippen LogP contribution in [0, 0.1) is 0 Å². The highest BCUT2D eigenvalue weighted by Gasteiger charge is 2.27. The molecule has 9 nitrogen and oxygen atoms in total. The zero-order valence-electron chi connectivity index (χ0n) is 18.4. The van der Waals surface area contributed by atoms with Gasteiger partial charge in [-0.25, -0.2) is 9.97 Å². The lowest BCUT2D eigenvalue weighted by Gasteiger charge is -2.34. The van der Waals surface area contributed by atoms with Crippen molar-refractivity contribution in [2.24, 2.45) is 0 Å². The maximum atomic E-state index is 13.0. The number of nitrogens with zero attached hydrogens (tertiary/aromatic N) is 7. The monoisotopic (exact) mass is 435 g/mol. The number of hydrogen-bond acceptors (Lipinski definition) is 8. The average molecular weight is 436 g/mol. The molecule has 1 aliphatic rings. The van der Waals surface area contributed by atoms with Gasteiger partial charge in [-0.1, -0.05) is 37.5 Å². The Morgan fingerprint density at radius 1 is 1.17 bits per heavy atom. The van der Waals surface area contributed by atoms with Crippen molar-refractivity contribution in [1.82, 2.24) is 29.9 Å². The first-order chi connectivity index (χ1) is 14.2. The second kappa shape index (κ2) is 9.26. The molecule has 0 aliphatic carbocycles. The molecular weight excluding hydrogens is 406 g/mol. The number of amides is 1. The topological polar surface area (TPSA) is 91.5 Å². The number of carbonyl (C=O) groups excluding carboxylic acids is 1. The van der Waals surface area contributed by atoms with Crippen molar-refractivity contribution >= 4 is 23.5 Å². The SMILES string of the molecule is CCN(CC)c1ncc(Cl)c(C(=O)N2CCN(Cc3noc(C(C)(C)C)n3)CC2)n1. The summed E-state index contributed by atoms with van der Waals surface area (Å²) in [6.07, 6.45) is 1.51. The summed E-state index contributed by atoms with van der Waals surface area (Å²) >= 11 is 6.25. The number of halogens is 1. The molecule has 0 radical (unpaired) electrons. The molecule has 0 saturated carbocycles. The van der Waals surface area contributed by atoms with Crippen molar-refractivity contribution in [2.45, 2.75) is 46.6 Å². The van der Waals surface area contributed by atoms with Gasteiger partial charge in [0, 0.05) is 44.7 Å². The van der Waals surface area contributed by atoms with E-state index in [1.54, 1.807) is 4.90 Å². The van der Waals surface area contributed by atoms with Crippen molar-refractivity contribution < 1.29 is 9.32 Å². The van der Waals surface area contributed by atoms with Gasteiger partial charge in [0.05, 0.1) is 17.8 Å². The molecule has 2 aromatic rings. The van der Waals surface area contributed by atoms with Crippen LogP contribution in [0.15, 0.2) is 10.7 Å². The fourth-order valence-electron chi connectivity index (χ4n) is 3.25. The molecular formula is C20H30ClN7O2. The van der Waals surface area contributed by atoms with Crippen LogP contribution in [0.3, 0.4) is 0 Å². The van der Waals surface area contributed by atoms with Gasteiger partial charge in [0.1, 0.15) is 0 Å². The normalized spacial score (nSPS) is 15.5. The second-order valence-electron chi connectivity index (χ2n) is 8.37. The number of rotatable bonds is 6. The van der Waals surface area contributed by atoms with Gasteiger partial charge in [-0.05, 0) is 13.8 Å². The Hall–Kier alpha value is -2.26. The van der Waals surface area contributed by atoms with E-state index in [1.165, 1.54) is 6.20 Å². The molecule has 0 spiro atoms. The minimum Gasteiger partial charge on any atom is -0.341 e. The molecule has 2 aromatic heterocycles. The largest absolute Gasteiger partial charge is 0.341 e. The molecule has 1 aliphatic heterocycles. The number of hydrogen-bond donors (Lipinski definition) is 0. The van der Waals surface area contributed by atoms with Gasteiger partial charge >= 0.3 is 0 Å². The van der Waals surface area contributed by atoms with Crippen molar-refractivity contribution in [3.63, 3.8) is 0 Å². The van der Waals surface area contributed by atoms with E-state index in [4.69, 9.17) is 16.1 Å². The van der Waals surface area contributed by atoms with E-state index in [0.29, 0.717) is 37.3 Å². The Morgan fingerprint density at radius 3 is 2.40 bits per heavy atom. The van der Waals surface area contributed by atoms with E-state index in [1.807, 2.05) is 39.5 Å². The van der Waals surface area contributed by atoms with Crippen molar-refractivity contribution in [3.8, 4) is 0 Å². The smallest absolute Gasteiger partial charge is 0.274 e. The predicted molar refractivity (Wildman–Crippen MR) is 115 cm³/mol. The number of piperazine rings is 1. The van der Waals surface area contributed by atoms with Gasteiger partial charge < -0.3 is 14.3 Å². The van der Waals surface area contributed by atoms with Crippen molar-refractivity contribution in [3.05, 3.63) is 28.6 Å². The minimum atomic E-state index is -0.169. The summed E-state index contributed by atoms with van der Waals surface area (Å²) in [5, 5.41) is 4.36. The van der Waals surface area contributed by atoms with Crippen LogP contribution >= 0.6 is 11.6 Å². The third-order valence-electron chi connectivity index (χ3n) is 5.11. The van der Waals surface area contributed by atoms with Crippen LogP contribution in [0.25, 0.3) is 0 Å². The summed E-state index contributed by atoms with van der Waals surface area (Å²) < 4.78 is 5.36. The standard InChI is InChI=1S/C20H30ClN7O2/c1-6-27(7-2)19-22-12-14(21)16(24-19)17(29)28-10-8-26(9-11-28)13-15-23-18(30-25-15)20(3,4)5/h12H,6-11,13H2,1-5H3.